The van der Waals surface area contributed by atoms with Gasteiger partial charge in [0.1, 0.15) is 0 Å². The van der Waals surface area contributed by atoms with Crippen LogP contribution < -0.4 is 0 Å². The van der Waals surface area contributed by atoms with Gasteiger partial charge in [0.25, 0.3) is 0 Å². The van der Waals surface area contributed by atoms with E-state index < -0.39 is 5.97 Å². The Bertz CT molecular complexity index is 694. The van der Waals surface area contributed by atoms with E-state index in [2.05, 4.69) is 4.90 Å². The first-order valence-electron chi connectivity index (χ1n) is 7.98. The van der Waals surface area contributed by atoms with Crippen LogP contribution in [-0.4, -0.2) is 29.1 Å². The largest absolute Gasteiger partial charge is 0.478 e. The summed E-state index contributed by atoms with van der Waals surface area (Å²) in [6.45, 7) is 2.86. The molecular weight excluding hydrogens is 310 g/mol. The van der Waals surface area contributed by atoms with Gasteiger partial charge in [0.05, 0.1) is 5.56 Å². The van der Waals surface area contributed by atoms with Crippen LogP contribution in [0.3, 0.4) is 0 Å². The monoisotopic (exact) mass is 329 g/mol. The normalized spacial score (nSPS) is 15.5. The second kappa shape index (κ2) is 7.16. The highest BCUT2D eigenvalue weighted by Crippen LogP contribution is 2.34. The van der Waals surface area contributed by atoms with Gasteiger partial charge in [-0.05, 0) is 49.2 Å². The summed E-state index contributed by atoms with van der Waals surface area (Å²) >= 11 is 6.45. The minimum Gasteiger partial charge on any atom is -0.478 e. The smallest absolute Gasteiger partial charge is 0.335 e. The predicted octanol–water partition coefficient (Wildman–Crippen LogP) is 4.69. The predicted molar refractivity (Wildman–Crippen MR) is 93.0 cm³/mol. The van der Waals surface area contributed by atoms with Crippen molar-refractivity contribution in [1.82, 2.24) is 4.90 Å². The Morgan fingerprint density at radius 1 is 1.09 bits per heavy atom. The molecule has 1 aliphatic heterocycles. The van der Waals surface area contributed by atoms with Gasteiger partial charge in [-0.2, -0.15) is 0 Å². The molecule has 0 saturated carbocycles. The topological polar surface area (TPSA) is 40.5 Å². The molecule has 1 N–H and O–H groups in total. The Labute approximate surface area is 141 Å². The molecule has 0 spiro atoms. The lowest BCUT2D eigenvalue weighted by Crippen LogP contribution is -2.29. The Balaban J connectivity index is 2.04. The zero-order valence-corrected chi connectivity index (χ0v) is 13.7. The first-order chi connectivity index (χ1) is 11.1. The summed E-state index contributed by atoms with van der Waals surface area (Å²) in [6.07, 6.45) is 3.68. The summed E-state index contributed by atoms with van der Waals surface area (Å²) in [7, 11) is 0. The first-order valence-corrected chi connectivity index (χ1v) is 8.36. The molecule has 3 nitrogen and oxygen atoms in total. The molecule has 0 aliphatic carbocycles. The lowest BCUT2D eigenvalue weighted by Gasteiger charge is -2.27. The van der Waals surface area contributed by atoms with Crippen LogP contribution in [0, 0.1) is 0 Å². The molecule has 0 radical (unpaired) electrons. The number of likely N-dealkylation sites (tertiary alicyclic amines) is 1. The SMILES string of the molecule is O=C(O)c1cc(Cl)c(-c2ccccc2)c(CN2CCCCC2)c1. The van der Waals surface area contributed by atoms with Crippen LogP contribution in [0.5, 0.6) is 0 Å². The Morgan fingerprint density at radius 2 is 1.78 bits per heavy atom. The number of piperidine rings is 1. The van der Waals surface area contributed by atoms with Gasteiger partial charge in [-0.1, -0.05) is 48.4 Å². The van der Waals surface area contributed by atoms with Gasteiger partial charge in [0, 0.05) is 17.1 Å². The highest BCUT2D eigenvalue weighted by atomic mass is 35.5. The van der Waals surface area contributed by atoms with Crippen LogP contribution in [0.2, 0.25) is 5.02 Å². The summed E-state index contributed by atoms with van der Waals surface area (Å²) in [6, 6.07) is 13.3. The molecule has 0 unspecified atom stereocenters. The maximum absolute atomic E-state index is 11.4. The zero-order chi connectivity index (χ0) is 16.2. The number of carboxylic acids is 1. The van der Waals surface area contributed by atoms with Crippen molar-refractivity contribution in [3.05, 3.63) is 58.6 Å². The van der Waals surface area contributed by atoms with Crippen molar-refractivity contribution in [3.63, 3.8) is 0 Å². The van der Waals surface area contributed by atoms with Crippen molar-refractivity contribution in [1.29, 1.82) is 0 Å². The average Bonchev–Trinajstić information content (AvgIpc) is 2.56. The average molecular weight is 330 g/mol. The first kappa shape index (κ1) is 16.0. The molecular formula is C19H20ClNO2. The number of nitrogens with zero attached hydrogens (tertiary/aromatic N) is 1. The van der Waals surface area contributed by atoms with Crippen molar-refractivity contribution in [2.75, 3.05) is 13.1 Å². The van der Waals surface area contributed by atoms with Crippen LogP contribution in [-0.2, 0) is 6.54 Å². The van der Waals surface area contributed by atoms with Crippen LogP contribution in [0.25, 0.3) is 11.1 Å². The van der Waals surface area contributed by atoms with Gasteiger partial charge in [-0.15, -0.1) is 0 Å². The van der Waals surface area contributed by atoms with Gasteiger partial charge in [-0.25, -0.2) is 4.79 Å². The molecule has 3 rings (SSSR count). The Hall–Kier alpha value is -1.84. The van der Waals surface area contributed by atoms with Gasteiger partial charge < -0.3 is 5.11 Å². The van der Waals surface area contributed by atoms with Crippen LogP contribution in [0.15, 0.2) is 42.5 Å². The van der Waals surface area contributed by atoms with Crippen molar-refractivity contribution >= 4 is 17.6 Å². The summed E-state index contributed by atoms with van der Waals surface area (Å²) in [5.41, 5.74) is 3.22. The third kappa shape index (κ3) is 3.74. The summed E-state index contributed by atoms with van der Waals surface area (Å²) in [5.74, 6) is -0.939. The molecule has 1 aliphatic rings. The summed E-state index contributed by atoms with van der Waals surface area (Å²) in [4.78, 5) is 13.8. The lowest BCUT2D eigenvalue weighted by molar-refractivity contribution is 0.0696. The lowest BCUT2D eigenvalue weighted by atomic mass is 9.96. The van der Waals surface area contributed by atoms with E-state index >= 15 is 0 Å². The van der Waals surface area contributed by atoms with Crippen molar-refractivity contribution in [3.8, 4) is 11.1 Å². The van der Waals surface area contributed by atoms with Gasteiger partial charge in [0.2, 0.25) is 0 Å². The van der Waals surface area contributed by atoms with Gasteiger partial charge in [-0.3, -0.25) is 4.90 Å². The minimum absolute atomic E-state index is 0.252. The molecule has 1 saturated heterocycles. The molecule has 2 aromatic carbocycles. The molecule has 1 heterocycles. The van der Waals surface area contributed by atoms with Gasteiger partial charge >= 0.3 is 5.97 Å². The quantitative estimate of drug-likeness (QED) is 0.884. The molecule has 2 aromatic rings. The van der Waals surface area contributed by atoms with Crippen molar-refractivity contribution in [2.24, 2.45) is 0 Å². The highest BCUT2D eigenvalue weighted by Gasteiger charge is 2.18. The second-order valence-electron chi connectivity index (χ2n) is 6.00. The standard InChI is InChI=1S/C19H20ClNO2/c20-17-12-15(19(22)23)11-16(13-21-9-5-2-6-10-21)18(17)14-7-3-1-4-8-14/h1,3-4,7-8,11-12H,2,5-6,9-10,13H2,(H,22,23). The molecule has 1 fully saturated rings. The van der Waals surface area contributed by atoms with E-state index in [4.69, 9.17) is 11.6 Å². The Morgan fingerprint density at radius 3 is 2.43 bits per heavy atom. The molecule has 0 bridgehead atoms. The number of carbonyl (C=O) groups is 1. The number of aromatic carboxylic acids is 1. The number of carboxylic acid groups (broad SMARTS) is 1. The third-order valence-corrected chi connectivity index (χ3v) is 4.62. The molecule has 23 heavy (non-hydrogen) atoms. The van der Waals surface area contributed by atoms with Crippen molar-refractivity contribution < 1.29 is 9.90 Å². The van der Waals surface area contributed by atoms with Crippen molar-refractivity contribution in [2.45, 2.75) is 25.8 Å². The van der Waals surface area contributed by atoms with Crippen LogP contribution in [0.1, 0.15) is 35.2 Å². The molecule has 0 amide bonds. The minimum atomic E-state index is -0.939. The van der Waals surface area contributed by atoms with E-state index in [-0.39, 0.29) is 5.56 Å². The van der Waals surface area contributed by atoms with Crippen LogP contribution >= 0.6 is 11.6 Å². The number of hydrogen-bond acceptors (Lipinski definition) is 2. The highest BCUT2D eigenvalue weighted by molar-refractivity contribution is 6.33. The molecule has 0 atom stereocenters. The van der Waals surface area contributed by atoms with Gasteiger partial charge in [0.15, 0.2) is 0 Å². The second-order valence-corrected chi connectivity index (χ2v) is 6.41. The fourth-order valence-electron chi connectivity index (χ4n) is 3.20. The number of benzene rings is 2. The van der Waals surface area contributed by atoms with E-state index in [1.54, 1.807) is 12.1 Å². The molecule has 4 heteroatoms. The third-order valence-electron chi connectivity index (χ3n) is 4.32. The fraction of sp³-hybridized carbons (Fsp3) is 0.316. The maximum atomic E-state index is 11.4. The van der Waals surface area contributed by atoms with E-state index in [1.807, 2.05) is 30.3 Å². The van der Waals surface area contributed by atoms with Crippen LogP contribution in [0.4, 0.5) is 0 Å². The Kier molecular flexibility index (Phi) is 4.99. The summed E-state index contributed by atoms with van der Waals surface area (Å²) in [5, 5.41) is 9.83. The summed E-state index contributed by atoms with van der Waals surface area (Å²) < 4.78 is 0. The number of hydrogen-bond donors (Lipinski definition) is 1. The van der Waals surface area contributed by atoms with E-state index in [0.29, 0.717) is 5.02 Å². The van der Waals surface area contributed by atoms with E-state index in [0.717, 1.165) is 36.3 Å². The maximum Gasteiger partial charge on any atom is 0.335 e. The van der Waals surface area contributed by atoms with E-state index in [9.17, 15) is 9.90 Å². The molecule has 120 valence electrons. The van der Waals surface area contributed by atoms with E-state index in [1.165, 1.54) is 19.3 Å². The number of rotatable bonds is 4. The number of halogens is 1. The zero-order valence-electron chi connectivity index (χ0n) is 13.0. The molecule has 0 aromatic heterocycles. The fourth-order valence-corrected chi connectivity index (χ4v) is 3.55.